The van der Waals surface area contributed by atoms with Gasteiger partial charge in [-0.1, -0.05) is 71.1 Å². The number of amides is 1. The average molecular weight is 548 g/mol. The average Bonchev–Trinajstić information content (AvgIpc) is 2.85. The first-order valence-corrected chi connectivity index (χ1v) is 15.0. The fourth-order valence-corrected chi connectivity index (χ4v) is 4.56. The number of carboxylic acid groups (broad SMARTS) is 1. The highest BCUT2D eigenvalue weighted by Crippen LogP contribution is 2.18. The Labute approximate surface area is 231 Å². The van der Waals surface area contributed by atoms with E-state index in [1.54, 1.807) is 0 Å². The van der Waals surface area contributed by atoms with Crippen molar-refractivity contribution in [2.45, 2.75) is 115 Å². The second-order valence-electron chi connectivity index (χ2n) is 11.1. The predicted octanol–water partition coefficient (Wildman–Crippen LogP) is 3.89. The van der Waals surface area contributed by atoms with Crippen LogP contribution < -0.4 is 5.32 Å². The minimum atomic E-state index is -0.810. The molecule has 0 aliphatic rings. The van der Waals surface area contributed by atoms with Crippen LogP contribution in [0.15, 0.2) is 0 Å². The molecule has 226 valence electrons. The number of rotatable bonds is 28. The third kappa shape index (κ3) is 23.8. The van der Waals surface area contributed by atoms with Crippen molar-refractivity contribution in [3.63, 3.8) is 0 Å². The van der Waals surface area contributed by atoms with Crippen LogP contribution in [-0.4, -0.2) is 104 Å². The normalized spacial score (nSPS) is 13.4. The molecule has 2 unspecified atom stereocenters. The number of aliphatic carboxylic acids is 1. The predicted molar refractivity (Wildman–Crippen MR) is 151 cm³/mol. The van der Waals surface area contributed by atoms with E-state index in [1.807, 2.05) is 14.1 Å². The summed E-state index contributed by atoms with van der Waals surface area (Å²) in [6.07, 6.45) is 14.3. The lowest BCUT2D eigenvalue weighted by Crippen LogP contribution is -2.45. The Morgan fingerprint density at radius 1 is 0.842 bits per heavy atom. The summed E-state index contributed by atoms with van der Waals surface area (Å²) in [5, 5.41) is 31.4. The number of hydrogen-bond acceptors (Lipinski definition) is 6. The molecule has 1 amide bonds. The van der Waals surface area contributed by atoms with E-state index in [0.717, 1.165) is 64.2 Å². The van der Waals surface area contributed by atoms with Crippen LogP contribution in [-0.2, 0) is 19.1 Å². The smallest absolute Gasteiger partial charge is 0.359 e. The van der Waals surface area contributed by atoms with Crippen molar-refractivity contribution >= 4 is 11.9 Å². The van der Waals surface area contributed by atoms with Crippen molar-refractivity contribution in [3.05, 3.63) is 0 Å². The maximum Gasteiger partial charge on any atom is 0.359 e. The highest BCUT2D eigenvalue weighted by Gasteiger charge is 2.20. The van der Waals surface area contributed by atoms with Crippen LogP contribution in [0, 0.1) is 0 Å². The van der Waals surface area contributed by atoms with Crippen molar-refractivity contribution < 1.29 is 38.9 Å². The summed E-state index contributed by atoms with van der Waals surface area (Å²) in [5.74, 6) is -0.751. The van der Waals surface area contributed by atoms with Crippen LogP contribution in [0.4, 0.5) is 0 Å². The van der Waals surface area contributed by atoms with Crippen molar-refractivity contribution in [1.29, 1.82) is 0 Å². The van der Waals surface area contributed by atoms with Gasteiger partial charge in [-0.05, 0) is 19.3 Å². The van der Waals surface area contributed by atoms with E-state index < -0.39 is 12.1 Å². The molecule has 0 aromatic heterocycles. The summed E-state index contributed by atoms with van der Waals surface area (Å²) in [7, 11) is 3.77. The van der Waals surface area contributed by atoms with Crippen LogP contribution in [0.1, 0.15) is 103 Å². The molecular formula is C29H59N2O7+. The monoisotopic (exact) mass is 547 g/mol. The molecule has 0 aliphatic carbocycles. The van der Waals surface area contributed by atoms with Crippen molar-refractivity contribution in [2.75, 3.05) is 60.2 Å². The molecule has 0 rings (SSSR count). The quantitative estimate of drug-likeness (QED) is 0.0865. The van der Waals surface area contributed by atoms with E-state index in [4.69, 9.17) is 19.7 Å². The lowest BCUT2D eigenvalue weighted by atomic mass is 9.99. The first kappa shape index (κ1) is 36.7. The molecule has 4 N–H and O–H groups in total. The van der Waals surface area contributed by atoms with E-state index in [2.05, 4.69) is 12.2 Å². The number of likely N-dealkylation sites (N-methyl/N-ethyl adjacent to an activating group) is 1. The Balaban J connectivity index is 4.03. The SMILES string of the molecule is CCCCCCCCC(O)C(CCCCCCCC(=O)NCCC[N+](C)(C)CC(=O)O)OCCOCCO. The van der Waals surface area contributed by atoms with Gasteiger partial charge in [-0.3, -0.25) is 4.79 Å². The molecule has 0 saturated heterocycles. The molecule has 0 aliphatic heterocycles. The van der Waals surface area contributed by atoms with Gasteiger partial charge in [0.1, 0.15) is 0 Å². The second kappa shape index (κ2) is 24.8. The van der Waals surface area contributed by atoms with E-state index >= 15 is 0 Å². The summed E-state index contributed by atoms with van der Waals surface area (Å²) in [6, 6.07) is 0. The zero-order chi connectivity index (χ0) is 28.5. The minimum absolute atomic E-state index is 0.00193. The Bertz CT molecular complexity index is 575. The van der Waals surface area contributed by atoms with Gasteiger partial charge in [0.25, 0.3) is 0 Å². The largest absolute Gasteiger partial charge is 0.477 e. The fourth-order valence-electron chi connectivity index (χ4n) is 4.56. The van der Waals surface area contributed by atoms with Gasteiger partial charge in [-0.2, -0.15) is 0 Å². The van der Waals surface area contributed by atoms with Crippen molar-refractivity contribution in [2.24, 2.45) is 0 Å². The van der Waals surface area contributed by atoms with Crippen molar-refractivity contribution in [3.8, 4) is 0 Å². The van der Waals surface area contributed by atoms with Crippen molar-refractivity contribution in [1.82, 2.24) is 5.32 Å². The number of hydrogen-bond donors (Lipinski definition) is 4. The number of aliphatic hydroxyl groups excluding tert-OH is 2. The fraction of sp³-hybridized carbons (Fsp3) is 0.931. The van der Waals surface area contributed by atoms with Gasteiger partial charge in [0, 0.05) is 19.4 Å². The molecule has 9 nitrogen and oxygen atoms in total. The Hall–Kier alpha value is -1.26. The molecular weight excluding hydrogens is 488 g/mol. The standard InChI is InChI=1S/C29H58N2O7/c1-4-5-6-7-9-12-16-26(33)27(38-24-23-37-22-21-32)17-13-10-8-11-14-18-28(34)30-19-15-20-31(2,3)25-29(35)36/h26-27,32-33H,4-25H2,1-3H3,(H-,30,34,35,36)/p+1. The molecule has 0 spiro atoms. The lowest BCUT2D eigenvalue weighted by Gasteiger charge is -2.27. The van der Waals surface area contributed by atoms with E-state index in [9.17, 15) is 14.7 Å². The summed E-state index contributed by atoms with van der Waals surface area (Å²) >= 11 is 0. The van der Waals surface area contributed by atoms with Gasteiger partial charge in [0.15, 0.2) is 6.54 Å². The Morgan fingerprint density at radius 3 is 2.13 bits per heavy atom. The maximum absolute atomic E-state index is 12.0. The van der Waals surface area contributed by atoms with Crippen LogP contribution >= 0.6 is 0 Å². The third-order valence-corrected chi connectivity index (χ3v) is 6.80. The van der Waals surface area contributed by atoms with Gasteiger partial charge in [-0.25, -0.2) is 4.79 Å². The molecule has 2 atom stereocenters. The van der Waals surface area contributed by atoms with Gasteiger partial charge < -0.3 is 34.6 Å². The summed E-state index contributed by atoms with van der Waals surface area (Å²) in [6.45, 7) is 4.72. The second-order valence-corrected chi connectivity index (χ2v) is 11.1. The molecule has 9 heteroatoms. The zero-order valence-corrected chi connectivity index (χ0v) is 24.6. The van der Waals surface area contributed by atoms with E-state index in [1.165, 1.54) is 25.7 Å². The zero-order valence-electron chi connectivity index (χ0n) is 24.6. The number of unbranched alkanes of at least 4 members (excludes halogenated alkanes) is 9. The molecule has 0 fully saturated rings. The molecule has 0 aromatic carbocycles. The van der Waals surface area contributed by atoms with Gasteiger partial charge in [0.05, 0.1) is 59.3 Å². The highest BCUT2D eigenvalue weighted by molar-refractivity contribution is 5.75. The molecule has 0 aromatic rings. The first-order chi connectivity index (χ1) is 18.2. The molecule has 0 bridgehead atoms. The van der Waals surface area contributed by atoms with Gasteiger partial charge in [-0.15, -0.1) is 0 Å². The number of nitrogens with zero attached hydrogens (tertiary/aromatic N) is 1. The first-order valence-electron chi connectivity index (χ1n) is 15.0. The summed E-state index contributed by atoms with van der Waals surface area (Å²) < 4.78 is 11.6. The number of carbonyl (C=O) groups excluding carboxylic acids is 1. The topological polar surface area (TPSA) is 125 Å². The van der Waals surface area contributed by atoms with Crippen LogP contribution in [0.3, 0.4) is 0 Å². The summed E-state index contributed by atoms with van der Waals surface area (Å²) in [5.41, 5.74) is 0. The number of carboxylic acids is 1. The number of ether oxygens (including phenoxy) is 2. The molecule has 0 radical (unpaired) electrons. The van der Waals surface area contributed by atoms with Gasteiger partial charge in [0.2, 0.25) is 5.91 Å². The number of nitrogens with one attached hydrogen (secondary N) is 1. The Morgan fingerprint density at radius 2 is 1.47 bits per heavy atom. The Kier molecular flexibility index (Phi) is 23.9. The maximum atomic E-state index is 12.0. The lowest BCUT2D eigenvalue weighted by molar-refractivity contribution is -0.883. The minimum Gasteiger partial charge on any atom is -0.477 e. The number of carbonyl (C=O) groups is 2. The molecule has 0 heterocycles. The van der Waals surface area contributed by atoms with Crippen LogP contribution in [0.2, 0.25) is 0 Å². The summed E-state index contributed by atoms with van der Waals surface area (Å²) in [4.78, 5) is 22.9. The van der Waals surface area contributed by atoms with Crippen LogP contribution in [0.5, 0.6) is 0 Å². The van der Waals surface area contributed by atoms with Gasteiger partial charge >= 0.3 is 5.97 Å². The van der Waals surface area contributed by atoms with Crippen LogP contribution in [0.25, 0.3) is 0 Å². The van der Waals surface area contributed by atoms with E-state index in [-0.39, 0.29) is 25.2 Å². The molecule has 0 saturated carbocycles. The third-order valence-electron chi connectivity index (χ3n) is 6.80. The van der Waals surface area contributed by atoms with E-state index in [0.29, 0.717) is 43.8 Å². The number of aliphatic hydroxyl groups is 2. The molecule has 38 heavy (non-hydrogen) atoms. The number of quaternary nitrogens is 1. The highest BCUT2D eigenvalue weighted by atomic mass is 16.5.